The predicted molar refractivity (Wildman–Crippen MR) is 49.8 cm³/mol. The van der Waals surface area contributed by atoms with Gasteiger partial charge in [0.25, 0.3) is 0 Å². The van der Waals surface area contributed by atoms with Crippen LogP contribution in [0.3, 0.4) is 0 Å². The van der Waals surface area contributed by atoms with Crippen LogP contribution in [0.5, 0.6) is 0 Å². The Labute approximate surface area is 71.8 Å². The van der Waals surface area contributed by atoms with E-state index in [-0.39, 0.29) is 6.61 Å². The molecule has 1 nitrogen and oxygen atoms in total. The Hall–Kier alpha value is -0.730. The number of benzene rings is 1. The molecule has 0 radical (unpaired) electrons. The standard InChI is InChI=1S/C9H10OS/c10-6-2-4-8-3-1-5-9(11)7-8/h1-5,7,10-11H,6H2. The van der Waals surface area contributed by atoms with E-state index in [0.717, 1.165) is 10.5 Å². The van der Waals surface area contributed by atoms with Gasteiger partial charge in [-0.3, -0.25) is 0 Å². The fourth-order valence-corrected chi connectivity index (χ4v) is 1.05. The second-order valence-electron chi connectivity index (χ2n) is 2.18. The van der Waals surface area contributed by atoms with Crippen molar-refractivity contribution in [1.82, 2.24) is 0 Å². The van der Waals surface area contributed by atoms with Crippen molar-refractivity contribution in [3.63, 3.8) is 0 Å². The molecule has 1 rings (SSSR count). The van der Waals surface area contributed by atoms with Gasteiger partial charge in [0, 0.05) is 4.90 Å². The fourth-order valence-electron chi connectivity index (χ4n) is 0.817. The monoisotopic (exact) mass is 166 g/mol. The molecule has 58 valence electrons. The molecule has 0 atom stereocenters. The van der Waals surface area contributed by atoms with Crippen LogP contribution >= 0.6 is 12.6 Å². The highest BCUT2D eigenvalue weighted by atomic mass is 32.1. The zero-order chi connectivity index (χ0) is 8.10. The summed E-state index contributed by atoms with van der Waals surface area (Å²) in [5.74, 6) is 0. The second-order valence-corrected chi connectivity index (χ2v) is 2.70. The zero-order valence-corrected chi connectivity index (χ0v) is 6.96. The number of aliphatic hydroxyl groups excluding tert-OH is 1. The van der Waals surface area contributed by atoms with Crippen molar-refractivity contribution in [2.45, 2.75) is 4.90 Å². The first-order valence-corrected chi connectivity index (χ1v) is 3.84. The van der Waals surface area contributed by atoms with Crippen LogP contribution in [-0.4, -0.2) is 11.7 Å². The lowest BCUT2D eigenvalue weighted by Crippen LogP contribution is -1.74. The van der Waals surface area contributed by atoms with Gasteiger partial charge in [0.05, 0.1) is 6.61 Å². The van der Waals surface area contributed by atoms with Crippen molar-refractivity contribution in [2.75, 3.05) is 6.61 Å². The molecule has 0 spiro atoms. The predicted octanol–water partition coefficient (Wildman–Crippen LogP) is 1.98. The molecule has 0 fully saturated rings. The van der Waals surface area contributed by atoms with Gasteiger partial charge in [0.1, 0.15) is 0 Å². The van der Waals surface area contributed by atoms with Gasteiger partial charge in [0.2, 0.25) is 0 Å². The molecule has 1 aromatic rings. The molecule has 0 amide bonds. The van der Waals surface area contributed by atoms with E-state index in [4.69, 9.17) is 5.11 Å². The average molecular weight is 166 g/mol. The minimum Gasteiger partial charge on any atom is -0.392 e. The molecule has 1 aromatic carbocycles. The molecule has 0 saturated heterocycles. The van der Waals surface area contributed by atoms with Crippen molar-refractivity contribution in [3.05, 3.63) is 35.9 Å². The van der Waals surface area contributed by atoms with Crippen molar-refractivity contribution in [1.29, 1.82) is 0 Å². The molecule has 0 aliphatic heterocycles. The van der Waals surface area contributed by atoms with E-state index < -0.39 is 0 Å². The highest BCUT2D eigenvalue weighted by Crippen LogP contribution is 2.09. The number of hydrogen-bond acceptors (Lipinski definition) is 2. The maximum absolute atomic E-state index is 8.49. The normalized spacial score (nSPS) is 10.7. The number of rotatable bonds is 2. The maximum Gasteiger partial charge on any atom is 0.0615 e. The van der Waals surface area contributed by atoms with Gasteiger partial charge in [-0.25, -0.2) is 0 Å². The van der Waals surface area contributed by atoms with Crippen LogP contribution in [0.15, 0.2) is 35.2 Å². The third kappa shape index (κ3) is 2.78. The molecule has 11 heavy (non-hydrogen) atoms. The number of aliphatic hydroxyl groups is 1. The van der Waals surface area contributed by atoms with Gasteiger partial charge >= 0.3 is 0 Å². The minimum atomic E-state index is 0.0802. The Morgan fingerprint density at radius 1 is 1.45 bits per heavy atom. The maximum atomic E-state index is 8.49. The Morgan fingerprint density at radius 3 is 2.91 bits per heavy atom. The van der Waals surface area contributed by atoms with E-state index in [9.17, 15) is 0 Å². The molecule has 0 saturated carbocycles. The summed E-state index contributed by atoms with van der Waals surface area (Å²) >= 11 is 4.18. The Morgan fingerprint density at radius 2 is 2.27 bits per heavy atom. The lowest BCUT2D eigenvalue weighted by molar-refractivity contribution is 0.343. The number of thiol groups is 1. The quantitative estimate of drug-likeness (QED) is 0.644. The van der Waals surface area contributed by atoms with Crippen molar-refractivity contribution in [3.8, 4) is 0 Å². The molecule has 0 aliphatic carbocycles. The summed E-state index contributed by atoms with van der Waals surface area (Å²) in [7, 11) is 0. The molecule has 2 heteroatoms. The van der Waals surface area contributed by atoms with Crippen LogP contribution in [0.4, 0.5) is 0 Å². The molecule has 0 heterocycles. The van der Waals surface area contributed by atoms with Crippen LogP contribution in [-0.2, 0) is 0 Å². The van der Waals surface area contributed by atoms with Crippen molar-refractivity contribution < 1.29 is 5.11 Å². The first-order valence-electron chi connectivity index (χ1n) is 3.39. The molecular formula is C9H10OS. The third-order valence-corrected chi connectivity index (χ3v) is 1.56. The third-order valence-electron chi connectivity index (χ3n) is 1.29. The lowest BCUT2D eigenvalue weighted by atomic mass is 10.2. The van der Waals surface area contributed by atoms with Crippen LogP contribution in [0, 0.1) is 0 Å². The Balaban J connectivity index is 2.79. The fraction of sp³-hybridized carbons (Fsp3) is 0.111. The highest BCUT2D eigenvalue weighted by Gasteiger charge is 1.85. The minimum absolute atomic E-state index is 0.0802. The van der Waals surface area contributed by atoms with Gasteiger partial charge < -0.3 is 5.11 Å². The Bertz CT molecular complexity index is 255. The lowest BCUT2D eigenvalue weighted by Gasteiger charge is -1.93. The number of hydrogen-bond donors (Lipinski definition) is 2. The summed E-state index contributed by atoms with van der Waals surface area (Å²) in [4.78, 5) is 0.935. The van der Waals surface area contributed by atoms with E-state index in [2.05, 4.69) is 12.6 Å². The van der Waals surface area contributed by atoms with Gasteiger partial charge in [-0.05, 0) is 17.7 Å². The van der Waals surface area contributed by atoms with E-state index >= 15 is 0 Å². The van der Waals surface area contributed by atoms with Crippen LogP contribution in [0.2, 0.25) is 0 Å². The van der Waals surface area contributed by atoms with Gasteiger partial charge in [-0.15, -0.1) is 12.6 Å². The summed E-state index contributed by atoms with van der Waals surface area (Å²) < 4.78 is 0. The topological polar surface area (TPSA) is 20.2 Å². The van der Waals surface area contributed by atoms with Crippen LogP contribution in [0.1, 0.15) is 5.56 Å². The van der Waals surface area contributed by atoms with Crippen molar-refractivity contribution >= 4 is 18.7 Å². The van der Waals surface area contributed by atoms with Crippen LogP contribution in [0.25, 0.3) is 6.08 Å². The average Bonchev–Trinajstić information content (AvgIpc) is 2.01. The summed E-state index contributed by atoms with van der Waals surface area (Å²) in [6.45, 7) is 0.0802. The van der Waals surface area contributed by atoms with Gasteiger partial charge in [-0.1, -0.05) is 24.3 Å². The SMILES string of the molecule is OCC=Cc1cccc(S)c1. The summed E-state index contributed by atoms with van der Waals surface area (Å²) in [5, 5.41) is 8.49. The first kappa shape index (κ1) is 8.37. The molecule has 0 aromatic heterocycles. The summed E-state index contributed by atoms with van der Waals surface area (Å²) in [6, 6.07) is 7.75. The molecule has 0 unspecified atom stereocenters. The van der Waals surface area contributed by atoms with Crippen LogP contribution < -0.4 is 0 Å². The van der Waals surface area contributed by atoms with E-state index in [1.54, 1.807) is 6.08 Å². The summed E-state index contributed by atoms with van der Waals surface area (Å²) in [6.07, 6.45) is 3.56. The smallest absolute Gasteiger partial charge is 0.0615 e. The molecule has 0 aliphatic rings. The van der Waals surface area contributed by atoms with E-state index in [1.165, 1.54) is 0 Å². The largest absolute Gasteiger partial charge is 0.392 e. The van der Waals surface area contributed by atoms with Gasteiger partial charge in [-0.2, -0.15) is 0 Å². The van der Waals surface area contributed by atoms with E-state index in [0.29, 0.717) is 0 Å². The molecule has 0 bridgehead atoms. The Kier molecular flexibility index (Phi) is 3.20. The molecular weight excluding hydrogens is 156 g/mol. The van der Waals surface area contributed by atoms with Gasteiger partial charge in [0.15, 0.2) is 0 Å². The van der Waals surface area contributed by atoms with Crippen molar-refractivity contribution in [2.24, 2.45) is 0 Å². The first-order chi connectivity index (χ1) is 5.33. The zero-order valence-electron chi connectivity index (χ0n) is 6.07. The molecule has 1 N–H and O–H groups in total. The summed E-state index contributed by atoms with van der Waals surface area (Å²) in [5.41, 5.74) is 1.06. The van der Waals surface area contributed by atoms with E-state index in [1.807, 2.05) is 30.3 Å². The second kappa shape index (κ2) is 4.21. The highest BCUT2D eigenvalue weighted by molar-refractivity contribution is 7.80.